The predicted octanol–water partition coefficient (Wildman–Crippen LogP) is 3.13. The lowest BCUT2D eigenvalue weighted by Gasteiger charge is -2.14. The molecule has 19 heavy (non-hydrogen) atoms. The van der Waals surface area contributed by atoms with Gasteiger partial charge in [0, 0.05) is 11.7 Å². The molecular weight excluding hydrogens is 348 g/mol. The topological polar surface area (TPSA) is 72.2 Å². The van der Waals surface area contributed by atoms with E-state index in [-0.39, 0.29) is 10.3 Å². The van der Waals surface area contributed by atoms with E-state index in [1.165, 1.54) is 11.3 Å². The number of hydrogen-bond acceptors (Lipinski definition) is 4. The predicted molar refractivity (Wildman–Crippen MR) is 81.6 cm³/mol. The summed E-state index contributed by atoms with van der Waals surface area (Å²) in [5.41, 5.74) is 7.14. The summed E-state index contributed by atoms with van der Waals surface area (Å²) in [6.45, 7) is 1.79. The summed E-state index contributed by atoms with van der Waals surface area (Å²) in [5, 5.41) is 0. The van der Waals surface area contributed by atoms with E-state index in [9.17, 15) is 8.42 Å². The van der Waals surface area contributed by atoms with Crippen LogP contribution in [0.4, 0.5) is 5.69 Å². The quantitative estimate of drug-likeness (QED) is 0.822. The van der Waals surface area contributed by atoms with Gasteiger partial charge in [0.15, 0.2) is 0 Å². The first kappa shape index (κ1) is 14.5. The van der Waals surface area contributed by atoms with E-state index < -0.39 is 10.0 Å². The zero-order valence-electron chi connectivity index (χ0n) is 10.1. The highest BCUT2D eigenvalue weighted by molar-refractivity contribution is 9.11. The Morgan fingerprint density at radius 2 is 2.05 bits per heavy atom. The van der Waals surface area contributed by atoms with Gasteiger partial charge in [0.25, 0.3) is 10.0 Å². The van der Waals surface area contributed by atoms with E-state index in [2.05, 4.69) is 20.7 Å². The Hall–Kier alpha value is -0.890. The van der Waals surface area contributed by atoms with Crippen molar-refractivity contribution >= 4 is 43.0 Å². The first-order valence-electron chi connectivity index (χ1n) is 5.51. The third-order valence-electron chi connectivity index (χ3n) is 2.56. The smallest absolute Gasteiger partial charge is 0.250 e. The van der Waals surface area contributed by atoms with Gasteiger partial charge >= 0.3 is 0 Å². The van der Waals surface area contributed by atoms with Crippen molar-refractivity contribution in [2.45, 2.75) is 17.2 Å². The Labute approximate surface area is 124 Å². The molecule has 4 nitrogen and oxygen atoms in total. The van der Waals surface area contributed by atoms with E-state index in [1.807, 2.05) is 6.07 Å². The van der Waals surface area contributed by atoms with Gasteiger partial charge in [-0.05, 0) is 52.7 Å². The van der Waals surface area contributed by atoms with Crippen LogP contribution in [0.3, 0.4) is 0 Å². The Bertz CT molecular complexity index is 683. The number of benzene rings is 1. The van der Waals surface area contributed by atoms with Crippen LogP contribution in [0, 0.1) is 0 Å². The van der Waals surface area contributed by atoms with Gasteiger partial charge in [-0.1, -0.05) is 12.1 Å². The molecule has 0 saturated carbocycles. The maximum absolute atomic E-state index is 12.2. The molecule has 7 heteroatoms. The van der Waals surface area contributed by atoms with Crippen LogP contribution < -0.4 is 10.5 Å². The van der Waals surface area contributed by atoms with Crippen molar-refractivity contribution in [1.82, 2.24) is 4.72 Å². The van der Waals surface area contributed by atoms with Crippen LogP contribution in [0.2, 0.25) is 0 Å². The molecule has 102 valence electrons. The second-order valence-electron chi connectivity index (χ2n) is 4.07. The highest BCUT2D eigenvalue weighted by atomic mass is 79.9. The van der Waals surface area contributed by atoms with Crippen LogP contribution in [-0.2, 0) is 10.0 Å². The number of nitrogens with one attached hydrogen (secondary N) is 1. The number of anilines is 1. The van der Waals surface area contributed by atoms with Crippen LogP contribution in [0.5, 0.6) is 0 Å². The van der Waals surface area contributed by atoms with Gasteiger partial charge in [-0.3, -0.25) is 0 Å². The molecule has 2 rings (SSSR count). The Kier molecular flexibility index (Phi) is 4.29. The van der Waals surface area contributed by atoms with Gasteiger partial charge in [-0.15, -0.1) is 11.3 Å². The summed E-state index contributed by atoms with van der Waals surface area (Å²) in [6.07, 6.45) is 0. The van der Waals surface area contributed by atoms with Crippen molar-refractivity contribution in [1.29, 1.82) is 0 Å². The summed E-state index contributed by atoms with van der Waals surface area (Å²) in [6, 6.07) is 10.1. The molecule has 2 aromatic rings. The molecule has 0 radical (unpaired) electrons. The summed E-state index contributed by atoms with van der Waals surface area (Å²) in [4.78, 5) is 0. The molecule has 0 aliphatic rings. The number of rotatable bonds is 4. The van der Waals surface area contributed by atoms with E-state index >= 15 is 0 Å². The molecular formula is C12H13BrN2O2S2. The number of halogens is 1. The highest BCUT2D eigenvalue weighted by Gasteiger charge is 2.20. The molecule has 0 fully saturated rings. The molecule has 0 aliphatic carbocycles. The molecule has 1 aromatic heterocycles. The minimum absolute atomic E-state index is 0.287. The summed E-state index contributed by atoms with van der Waals surface area (Å²) < 4.78 is 28.0. The first-order valence-corrected chi connectivity index (χ1v) is 8.61. The monoisotopic (exact) mass is 360 g/mol. The molecule has 1 aromatic carbocycles. The minimum Gasteiger partial charge on any atom is -0.399 e. The zero-order valence-corrected chi connectivity index (χ0v) is 13.3. The van der Waals surface area contributed by atoms with Crippen molar-refractivity contribution in [2.75, 3.05) is 5.73 Å². The number of sulfonamides is 1. The van der Waals surface area contributed by atoms with Crippen LogP contribution in [-0.4, -0.2) is 8.42 Å². The first-order chi connectivity index (χ1) is 8.88. The molecule has 0 spiro atoms. The van der Waals surface area contributed by atoms with E-state index in [1.54, 1.807) is 37.3 Å². The minimum atomic E-state index is -3.50. The number of hydrogen-bond donors (Lipinski definition) is 2. The Morgan fingerprint density at radius 3 is 2.63 bits per heavy atom. The molecule has 1 unspecified atom stereocenters. The fourth-order valence-electron chi connectivity index (χ4n) is 1.63. The lowest BCUT2D eigenvalue weighted by molar-refractivity contribution is 0.569. The normalized spacial score (nSPS) is 13.4. The van der Waals surface area contributed by atoms with Gasteiger partial charge in [-0.25, -0.2) is 13.1 Å². The second kappa shape index (κ2) is 5.62. The third-order valence-corrected chi connectivity index (χ3v) is 6.21. The fourth-order valence-corrected chi connectivity index (χ4v) is 4.89. The van der Waals surface area contributed by atoms with Gasteiger partial charge in [0.2, 0.25) is 0 Å². The lowest BCUT2D eigenvalue weighted by atomic mass is 10.1. The van der Waals surface area contributed by atoms with Crippen LogP contribution >= 0.6 is 27.3 Å². The molecule has 0 amide bonds. The highest BCUT2D eigenvalue weighted by Crippen LogP contribution is 2.27. The Morgan fingerprint density at radius 1 is 1.32 bits per heavy atom. The second-order valence-corrected chi connectivity index (χ2v) is 8.48. The van der Waals surface area contributed by atoms with Crippen molar-refractivity contribution < 1.29 is 8.42 Å². The number of nitrogens with two attached hydrogens (primary N) is 1. The average Bonchev–Trinajstić information content (AvgIpc) is 2.76. The van der Waals surface area contributed by atoms with Gasteiger partial charge in [0.05, 0.1) is 3.79 Å². The van der Waals surface area contributed by atoms with Crippen LogP contribution in [0.1, 0.15) is 18.5 Å². The molecule has 0 saturated heterocycles. The summed E-state index contributed by atoms with van der Waals surface area (Å²) >= 11 is 4.43. The zero-order chi connectivity index (χ0) is 14.0. The van der Waals surface area contributed by atoms with Gasteiger partial charge in [0.1, 0.15) is 4.21 Å². The summed E-state index contributed by atoms with van der Waals surface area (Å²) in [7, 11) is -3.50. The number of nitrogen functional groups attached to an aromatic ring is 1. The molecule has 0 bridgehead atoms. The van der Waals surface area contributed by atoms with Crippen LogP contribution in [0.25, 0.3) is 0 Å². The molecule has 1 heterocycles. The van der Waals surface area contributed by atoms with Crippen LogP contribution in [0.15, 0.2) is 44.4 Å². The van der Waals surface area contributed by atoms with Crippen molar-refractivity contribution in [3.05, 3.63) is 45.7 Å². The molecule has 3 N–H and O–H groups in total. The van der Waals surface area contributed by atoms with Crippen molar-refractivity contribution in [3.8, 4) is 0 Å². The van der Waals surface area contributed by atoms with Gasteiger partial charge < -0.3 is 5.73 Å². The van der Waals surface area contributed by atoms with Crippen molar-refractivity contribution in [3.63, 3.8) is 0 Å². The number of thiophene rings is 1. The van der Waals surface area contributed by atoms with E-state index in [0.29, 0.717) is 5.69 Å². The molecule has 0 aliphatic heterocycles. The molecule has 1 atom stereocenters. The average molecular weight is 361 g/mol. The van der Waals surface area contributed by atoms with Gasteiger partial charge in [-0.2, -0.15) is 0 Å². The SMILES string of the molecule is CC(NS(=O)(=O)c1ccc(Br)s1)c1cccc(N)c1. The largest absolute Gasteiger partial charge is 0.399 e. The standard InChI is InChI=1S/C12H13BrN2O2S2/c1-8(9-3-2-4-10(14)7-9)15-19(16,17)12-6-5-11(13)18-12/h2-8,15H,14H2,1H3. The third kappa shape index (κ3) is 3.56. The maximum atomic E-state index is 12.2. The lowest BCUT2D eigenvalue weighted by Crippen LogP contribution is -2.26. The van der Waals surface area contributed by atoms with E-state index in [0.717, 1.165) is 9.35 Å². The maximum Gasteiger partial charge on any atom is 0.250 e. The fraction of sp³-hybridized carbons (Fsp3) is 0.167. The summed E-state index contributed by atoms with van der Waals surface area (Å²) in [5.74, 6) is 0. The van der Waals surface area contributed by atoms with E-state index in [4.69, 9.17) is 5.73 Å². The Balaban J connectivity index is 2.21. The van der Waals surface area contributed by atoms with Crippen molar-refractivity contribution in [2.24, 2.45) is 0 Å².